The Morgan fingerprint density at radius 1 is 0.905 bits per heavy atom. The summed E-state index contributed by atoms with van der Waals surface area (Å²) in [5.74, 6) is 0.273. The molecule has 2 aromatic heterocycles. The first kappa shape index (κ1) is 25.4. The number of pyridine rings is 1. The van der Waals surface area contributed by atoms with Crippen LogP contribution in [0.3, 0.4) is 0 Å². The Morgan fingerprint density at radius 3 is 2.52 bits per heavy atom. The molecule has 0 saturated heterocycles. The quantitative estimate of drug-likeness (QED) is 0.173. The van der Waals surface area contributed by atoms with Gasteiger partial charge in [-0.2, -0.15) is 4.57 Å². The lowest BCUT2D eigenvalue weighted by atomic mass is 9.80. The summed E-state index contributed by atoms with van der Waals surface area (Å²) >= 11 is 1.98. The third-order valence-corrected chi connectivity index (χ3v) is 12.3. The van der Waals surface area contributed by atoms with Crippen molar-refractivity contribution in [2.24, 2.45) is 0 Å². The molecule has 2 saturated carbocycles. The molecule has 42 heavy (non-hydrogen) atoms. The van der Waals surface area contributed by atoms with Gasteiger partial charge in [-0.1, -0.05) is 69.5 Å². The molecule has 3 heterocycles. The van der Waals surface area contributed by atoms with E-state index >= 15 is 0 Å². The lowest BCUT2D eigenvalue weighted by Gasteiger charge is -2.27. The largest absolute Gasteiger partial charge is 0.356 e. The highest BCUT2D eigenvalue weighted by atomic mass is 32.1. The molecule has 4 aliphatic rings. The van der Waals surface area contributed by atoms with Gasteiger partial charge in [-0.05, 0) is 72.0 Å². The SMILES string of the molecule is COC1(NC2CCCCC2)C2c3ccc4c(c3-c3ccc5c(C)cc(C)cc5[n+]3C21)-c1sc2ccccc2c1C4(C)C. The Balaban J connectivity index is 1.37. The molecule has 1 N–H and O–H groups in total. The number of rotatable bonds is 3. The van der Waals surface area contributed by atoms with Crippen LogP contribution in [0.1, 0.15) is 85.7 Å². The van der Waals surface area contributed by atoms with E-state index in [1.807, 2.05) is 18.4 Å². The number of hydrogen-bond acceptors (Lipinski definition) is 3. The van der Waals surface area contributed by atoms with E-state index < -0.39 is 5.72 Å². The van der Waals surface area contributed by atoms with E-state index in [9.17, 15) is 0 Å². The van der Waals surface area contributed by atoms with Crippen LogP contribution in [0.4, 0.5) is 0 Å². The number of aromatic nitrogens is 1. The summed E-state index contributed by atoms with van der Waals surface area (Å²) in [6.45, 7) is 9.35. The number of fused-ring (bicyclic) bond motifs is 14. The molecule has 3 unspecified atom stereocenters. The second-order valence-electron chi connectivity index (χ2n) is 13.9. The topological polar surface area (TPSA) is 25.1 Å². The van der Waals surface area contributed by atoms with E-state index in [2.05, 4.69) is 98.2 Å². The third kappa shape index (κ3) is 3.11. The van der Waals surface area contributed by atoms with Gasteiger partial charge in [0.15, 0.2) is 5.72 Å². The summed E-state index contributed by atoms with van der Waals surface area (Å²) in [7, 11) is 1.94. The van der Waals surface area contributed by atoms with Crippen LogP contribution in [-0.4, -0.2) is 18.9 Å². The van der Waals surface area contributed by atoms with Crippen molar-refractivity contribution >= 4 is 32.3 Å². The average molecular weight is 572 g/mol. The highest BCUT2D eigenvalue weighted by Crippen LogP contribution is 2.67. The minimum absolute atomic E-state index is 0.0484. The van der Waals surface area contributed by atoms with Crippen molar-refractivity contribution in [3.63, 3.8) is 0 Å². The predicted molar refractivity (Wildman–Crippen MR) is 174 cm³/mol. The molecule has 9 rings (SSSR count). The zero-order chi connectivity index (χ0) is 28.5. The van der Waals surface area contributed by atoms with Gasteiger partial charge in [0.05, 0.1) is 5.56 Å². The fourth-order valence-corrected chi connectivity index (χ4v) is 10.7. The Bertz CT molecular complexity index is 1960. The number of thiophene rings is 1. The fraction of sp³-hybridized carbons (Fsp3) is 0.395. The Kier molecular flexibility index (Phi) is 5.17. The van der Waals surface area contributed by atoms with Crippen LogP contribution < -0.4 is 9.88 Å². The molecule has 3 nitrogen and oxygen atoms in total. The van der Waals surface area contributed by atoms with Crippen molar-refractivity contribution in [2.45, 2.75) is 88.9 Å². The Morgan fingerprint density at radius 2 is 1.71 bits per heavy atom. The maximum Gasteiger partial charge on any atom is 0.214 e. The van der Waals surface area contributed by atoms with Crippen molar-refractivity contribution in [3.8, 4) is 21.7 Å². The summed E-state index contributed by atoms with van der Waals surface area (Å²) in [4.78, 5) is 1.46. The van der Waals surface area contributed by atoms with Crippen molar-refractivity contribution in [3.05, 3.63) is 88.5 Å². The first-order chi connectivity index (χ1) is 20.3. The van der Waals surface area contributed by atoms with E-state index in [0.29, 0.717) is 6.04 Å². The molecular formula is C38H39N2OS+. The molecule has 1 aliphatic heterocycles. The smallest absolute Gasteiger partial charge is 0.214 e. The normalized spacial score (nSPS) is 25.2. The monoisotopic (exact) mass is 571 g/mol. The Labute approximate surface area is 252 Å². The standard InChI is InChI=1S/C38H39N2OS/c1-21-19-22(2)24-16-18-28-31-26(15-17-27-32(31)35-33(37(27,3)4)25-13-9-10-14-30(25)42-35)34-36(40(28)29(24)20-21)38(34,41-5)39-23-11-7-6-8-12-23/h9-10,13-20,23,34,36,39H,6-8,11-12H2,1-5H3/q+1. The molecule has 0 radical (unpaired) electrons. The molecule has 3 atom stereocenters. The lowest BCUT2D eigenvalue weighted by Crippen LogP contribution is -2.49. The van der Waals surface area contributed by atoms with E-state index in [0.717, 1.165) is 0 Å². The maximum atomic E-state index is 6.67. The van der Waals surface area contributed by atoms with Gasteiger partial charge in [0.25, 0.3) is 0 Å². The van der Waals surface area contributed by atoms with Crippen molar-refractivity contribution in [1.82, 2.24) is 5.32 Å². The summed E-state index contributed by atoms with van der Waals surface area (Å²) < 4.78 is 10.7. The van der Waals surface area contributed by atoms with Crippen LogP contribution in [0.5, 0.6) is 0 Å². The maximum absolute atomic E-state index is 6.67. The number of benzene rings is 3. The molecule has 5 aromatic rings. The lowest BCUT2D eigenvalue weighted by molar-refractivity contribution is -0.674. The van der Waals surface area contributed by atoms with E-state index in [-0.39, 0.29) is 17.4 Å². The summed E-state index contributed by atoms with van der Waals surface area (Å²) in [6.07, 6.45) is 6.46. The minimum atomic E-state index is -0.399. The van der Waals surface area contributed by atoms with Crippen LogP contribution in [0.15, 0.2) is 60.7 Å². The van der Waals surface area contributed by atoms with Crippen molar-refractivity contribution in [1.29, 1.82) is 0 Å². The molecule has 212 valence electrons. The van der Waals surface area contributed by atoms with Gasteiger partial charge in [0.1, 0.15) is 5.92 Å². The molecule has 3 aliphatic carbocycles. The van der Waals surface area contributed by atoms with Crippen LogP contribution in [0, 0.1) is 13.8 Å². The predicted octanol–water partition coefficient (Wildman–Crippen LogP) is 8.85. The fourth-order valence-electron chi connectivity index (χ4n) is 9.27. The van der Waals surface area contributed by atoms with Crippen molar-refractivity contribution < 1.29 is 9.30 Å². The van der Waals surface area contributed by atoms with Crippen molar-refractivity contribution in [2.75, 3.05) is 7.11 Å². The zero-order valence-corrected chi connectivity index (χ0v) is 26.1. The van der Waals surface area contributed by atoms with Crippen LogP contribution in [-0.2, 0) is 10.2 Å². The number of ether oxygens (including phenoxy) is 1. The summed E-state index contributed by atoms with van der Waals surface area (Å²) in [5.41, 5.74) is 12.2. The van der Waals surface area contributed by atoms with Gasteiger partial charge >= 0.3 is 0 Å². The number of hydrogen-bond donors (Lipinski definition) is 1. The summed E-state index contributed by atoms with van der Waals surface area (Å²) in [6, 6.07) is 24.2. The molecule has 0 bridgehead atoms. The first-order valence-electron chi connectivity index (χ1n) is 15.8. The molecule has 0 spiro atoms. The number of nitrogens with one attached hydrogen (secondary N) is 1. The van der Waals surface area contributed by atoms with Crippen LogP contribution >= 0.6 is 11.3 Å². The summed E-state index contributed by atoms with van der Waals surface area (Å²) in [5, 5.41) is 6.91. The molecule has 4 heteroatoms. The van der Waals surface area contributed by atoms with Crippen LogP contribution in [0.25, 0.3) is 42.7 Å². The third-order valence-electron chi connectivity index (χ3n) is 11.1. The van der Waals surface area contributed by atoms with Gasteiger partial charge in [-0.25, -0.2) is 0 Å². The second-order valence-corrected chi connectivity index (χ2v) is 14.9. The van der Waals surface area contributed by atoms with E-state index in [1.165, 1.54) is 103 Å². The first-order valence-corrected chi connectivity index (χ1v) is 16.7. The minimum Gasteiger partial charge on any atom is -0.356 e. The molecular weight excluding hydrogens is 532 g/mol. The van der Waals surface area contributed by atoms with Gasteiger partial charge < -0.3 is 4.74 Å². The highest BCUT2D eigenvalue weighted by Gasteiger charge is 2.77. The van der Waals surface area contributed by atoms with Crippen LogP contribution in [0.2, 0.25) is 0 Å². The number of nitrogens with zero attached hydrogens (tertiary/aromatic N) is 1. The van der Waals surface area contributed by atoms with Gasteiger partial charge in [-0.15, -0.1) is 11.3 Å². The number of aryl methyl sites for hydroxylation is 2. The second kappa shape index (κ2) is 8.53. The molecule has 3 aromatic carbocycles. The highest BCUT2D eigenvalue weighted by molar-refractivity contribution is 7.22. The molecule has 0 amide bonds. The zero-order valence-electron chi connectivity index (χ0n) is 25.3. The van der Waals surface area contributed by atoms with Gasteiger partial charge in [-0.3, -0.25) is 5.32 Å². The number of methoxy groups -OCH3 is 1. The van der Waals surface area contributed by atoms with E-state index in [4.69, 9.17) is 4.74 Å². The van der Waals surface area contributed by atoms with Gasteiger partial charge in [0.2, 0.25) is 17.3 Å². The van der Waals surface area contributed by atoms with Gasteiger partial charge in [0, 0.05) is 51.2 Å². The van der Waals surface area contributed by atoms with E-state index in [1.54, 1.807) is 0 Å². The Hall–Kier alpha value is -3.05. The average Bonchev–Trinajstić information content (AvgIpc) is 3.35. The molecule has 2 fully saturated rings.